The second kappa shape index (κ2) is 7.51. The van der Waals surface area contributed by atoms with Gasteiger partial charge in [-0.05, 0) is 74.8 Å². The molecule has 2 saturated heterocycles. The minimum Gasteiger partial charge on any atom is -0.381 e. The number of hydrogen-bond donors (Lipinski definition) is 0. The first-order chi connectivity index (χ1) is 13.0. The lowest BCUT2D eigenvalue weighted by molar-refractivity contribution is 0.0180. The second-order valence-electron chi connectivity index (χ2n) is 8.99. The fraction of sp³-hybridized carbons (Fsp3) is 0.682. The van der Waals surface area contributed by atoms with Gasteiger partial charge in [0.2, 0.25) is 0 Å². The van der Waals surface area contributed by atoms with E-state index in [4.69, 9.17) is 4.74 Å². The summed E-state index contributed by atoms with van der Waals surface area (Å²) >= 11 is 0. The number of halogens is 1. The van der Waals surface area contributed by atoms with Crippen LogP contribution in [0.1, 0.15) is 41.6 Å². The van der Waals surface area contributed by atoms with Crippen LogP contribution in [0.3, 0.4) is 0 Å². The standard InChI is InChI=1S/C22H31FN2O2/c1-16-11-19(23)5-6-20(16)21(26)25-9-7-22(8-10-25)15-24(2)12-18(22)14-27-13-17-3-4-17/h5-6,11,17-18H,3-4,7-10,12-15H2,1-2H3. The van der Waals surface area contributed by atoms with Gasteiger partial charge >= 0.3 is 0 Å². The normalized spacial score (nSPS) is 25.3. The van der Waals surface area contributed by atoms with Crippen LogP contribution in [0, 0.1) is 30.0 Å². The Labute approximate surface area is 161 Å². The Kier molecular flexibility index (Phi) is 5.26. The maximum absolute atomic E-state index is 13.3. The Bertz CT molecular complexity index is 696. The summed E-state index contributed by atoms with van der Waals surface area (Å²) < 4.78 is 19.4. The van der Waals surface area contributed by atoms with Gasteiger partial charge in [0.1, 0.15) is 5.82 Å². The molecule has 1 unspecified atom stereocenters. The minimum atomic E-state index is -0.287. The van der Waals surface area contributed by atoms with Crippen LogP contribution < -0.4 is 0 Å². The van der Waals surface area contributed by atoms with Crippen molar-refractivity contribution in [2.75, 3.05) is 46.4 Å². The summed E-state index contributed by atoms with van der Waals surface area (Å²) in [7, 11) is 2.20. The highest BCUT2D eigenvalue weighted by Crippen LogP contribution is 2.45. The Morgan fingerprint density at radius 3 is 2.67 bits per heavy atom. The van der Waals surface area contributed by atoms with Crippen molar-refractivity contribution in [1.29, 1.82) is 0 Å². The molecule has 0 N–H and O–H groups in total. The summed E-state index contributed by atoms with van der Waals surface area (Å²) in [5.74, 6) is 1.12. The fourth-order valence-electron chi connectivity index (χ4n) is 4.95. The molecule has 2 aliphatic heterocycles. The number of ether oxygens (including phenoxy) is 1. The van der Waals surface area contributed by atoms with Crippen molar-refractivity contribution in [3.05, 3.63) is 35.1 Å². The van der Waals surface area contributed by atoms with Gasteiger partial charge in [-0.3, -0.25) is 4.79 Å². The van der Waals surface area contributed by atoms with Gasteiger partial charge in [-0.25, -0.2) is 4.39 Å². The largest absolute Gasteiger partial charge is 0.381 e. The predicted molar refractivity (Wildman–Crippen MR) is 103 cm³/mol. The lowest BCUT2D eigenvalue weighted by Crippen LogP contribution is -2.47. The summed E-state index contributed by atoms with van der Waals surface area (Å²) in [4.78, 5) is 17.3. The zero-order valence-electron chi connectivity index (χ0n) is 16.5. The average molecular weight is 375 g/mol. The number of nitrogens with zero attached hydrogens (tertiary/aromatic N) is 2. The van der Waals surface area contributed by atoms with Crippen LogP contribution in [-0.4, -0.2) is 62.1 Å². The number of rotatable bonds is 5. The molecule has 27 heavy (non-hydrogen) atoms. The molecular formula is C22H31FN2O2. The topological polar surface area (TPSA) is 32.8 Å². The molecule has 1 spiro atoms. The van der Waals surface area contributed by atoms with E-state index in [1.807, 2.05) is 4.90 Å². The average Bonchev–Trinajstić information content (AvgIpc) is 3.40. The third-order valence-electron chi connectivity index (χ3n) is 6.82. The highest BCUT2D eigenvalue weighted by Gasteiger charge is 2.47. The van der Waals surface area contributed by atoms with Gasteiger partial charge < -0.3 is 14.5 Å². The molecular weight excluding hydrogens is 343 g/mol. The molecule has 4 nitrogen and oxygen atoms in total. The van der Waals surface area contributed by atoms with Crippen LogP contribution in [0.15, 0.2) is 18.2 Å². The van der Waals surface area contributed by atoms with Gasteiger partial charge in [-0.15, -0.1) is 0 Å². The molecule has 3 fully saturated rings. The van der Waals surface area contributed by atoms with Crippen molar-refractivity contribution in [3.63, 3.8) is 0 Å². The number of likely N-dealkylation sites (tertiary alicyclic amines) is 2. The quantitative estimate of drug-likeness (QED) is 0.792. The lowest BCUT2D eigenvalue weighted by atomic mass is 9.71. The zero-order chi connectivity index (χ0) is 19.0. The minimum absolute atomic E-state index is 0.0373. The van der Waals surface area contributed by atoms with Gasteiger partial charge in [-0.2, -0.15) is 0 Å². The van der Waals surface area contributed by atoms with Crippen LogP contribution in [0.5, 0.6) is 0 Å². The molecule has 1 aliphatic carbocycles. The van der Waals surface area contributed by atoms with Gasteiger partial charge in [0.05, 0.1) is 6.61 Å². The van der Waals surface area contributed by atoms with Crippen molar-refractivity contribution in [2.45, 2.75) is 32.6 Å². The van der Waals surface area contributed by atoms with E-state index in [2.05, 4.69) is 11.9 Å². The van der Waals surface area contributed by atoms with Crippen LogP contribution in [0.25, 0.3) is 0 Å². The van der Waals surface area contributed by atoms with E-state index in [0.717, 1.165) is 58.2 Å². The lowest BCUT2D eigenvalue weighted by Gasteiger charge is -2.42. The first-order valence-electron chi connectivity index (χ1n) is 10.3. The fourth-order valence-corrected chi connectivity index (χ4v) is 4.95. The number of piperidine rings is 1. The maximum Gasteiger partial charge on any atom is 0.254 e. The van der Waals surface area contributed by atoms with E-state index in [1.165, 1.54) is 25.0 Å². The first-order valence-corrected chi connectivity index (χ1v) is 10.3. The summed E-state index contributed by atoms with van der Waals surface area (Å²) in [6, 6.07) is 4.44. The van der Waals surface area contributed by atoms with E-state index in [1.54, 1.807) is 13.0 Å². The number of hydrogen-bond acceptors (Lipinski definition) is 3. The number of amides is 1. The summed E-state index contributed by atoms with van der Waals surface area (Å²) in [5, 5.41) is 0. The number of benzene rings is 1. The number of carbonyl (C=O) groups excluding carboxylic acids is 1. The predicted octanol–water partition coefficient (Wildman–Crippen LogP) is 3.34. The van der Waals surface area contributed by atoms with Crippen molar-refractivity contribution in [1.82, 2.24) is 9.80 Å². The Hall–Kier alpha value is -1.46. The molecule has 1 aromatic carbocycles. The van der Waals surface area contributed by atoms with Crippen LogP contribution in [0.2, 0.25) is 0 Å². The van der Waals surface area contributed by atoms with Crippen molar-refractivity contribution >= 4 is 5.91 Å². The molecule has 5 heteroatoms. The van der Waals surface area contributed by atoms with Crippen LogP contribution >= 0.6 is 0 Å². The van der Waals surface area contributed by atoms with Gasteiger partial charge in [0.25, 0.3) is 5.91 Å². The molecule has 1 atom stereocenters. The molecule has 1 amide bonds. The van der Waals surface area contributed by atoms with E-state index in [-0.39, 0.29) is 17.1 Å². The molecule has 3 aliphatic rings. The first kappa shape index (κ1) is 18.9. The van der Waals surface area contributed by atoms with Crippen LogP contribution in [0.4, 0.5) is 4.39 Å². The molecule has 2 heterocycles. The Morgan fingerprint density at radius 2 is 2.00 bits per heavy atom. The van der Waals surface area contributed by atoms with E-state index >= 15 is 0 Å². The maximum atomic E-state index is 13.3. The van der Waals surface area contributed by atoms with Gasteiger partial charge in [0.15, 0.2) is 0 Å². The molecule has 1 aromatic rings. The molecule has 1 saturated carbocycles. The van der Waals surface area contributed by atoms with Gasteiger partial charge in [-0.1, -0.05) is 0 Å². The summed E-state index contributed by atoms with van der Waals surface area (Å²) in [5.41, 5.74) is 1.61. The highest BCUT2D eigenvalue weighted by atomic mass is 19.1. The molecule has 148 valence electrons. The molecule has 0 bridgehead atoms. The molecule has 0 radical (unpaired) electrons. The van der Waals surface area contributed by atoms with Crippen molar-refractivity contribution in [2.24, 2.45) is 17.3 Å². The number of carbonyl (C=O) groups is 1. The third kappa shape index (κ3) is 4.04. The molecule has 4 rings (SSSR count). The second-order valence-corrected chi connectivity index (χ2v) is 8.99. The Morgan fingerprint density at radius 1 is 1.26 bits per heavy atom. The molecule has 0 aromatic heterocycles. The zero-order valence-corrected chi connectivity index (χ0v) is 16.5. The van der Waals surface area contributed by atoms with Crippen molar-refractivity contribution in [3.8, 4) is 0 Å². The summed E-state index contributed by atoms with van der Waals surface area (Å²) in [6.45, 7) is 7.33. The third-order valence-corrected chi connectivity index (χ3v) is 6.82. The highest BCUT2D eigenvalue weighted by molar-refractivity contribution is 5.95. The number of aryl methyl sites for hydroxylation is 1. The van der Waals surface area contributed by atoms with Crippen molar-refractivity contribution < 1.29 is 13.9 Å². The van der Waals surface area contributed by atoms with Crippen LogP contribution in [-0.2, 0) is 4.74 Å². The summed E-state index contributed by atoms with van der Waals surface area (Å²) in [6.07, 6.45) is 4.72. The monoisotopic (exact) mass is 374 g/mol. The van der Waals surface area contributed by atoms with E-state index in [9.17, 15) is 9.18 Å². The van der Waals surface area contributed by atoms with Gasteiger partial charge in [0, 0.05) is 44.3 Å². The Balaban J connectivity index is 1.38. The van der Waals surface area contributed by atoms with E-state index < -0.39 is 0 Å². The smallest absolute Gasteiger partial charge is 0.254 e. The SMILES string of the molecule is Cc1cc(F)ccc1C(=O)N1CCC2(CC1)CN(C)CC2COCC1CC1. The van der Waals surface area contributed by atoms with E-state index in [0.29, 0.717) is 17.0 Å².